The molecule has 1 amide bonds. The van der Waals surface area contributed by atoms with Gasteiger partial charge in [0.1, 0.15) is 12.4 Å². The van der Waals surface area contributed by atoms with Crippen molar-refractivity contribution in [2.75, 3.05) is 5.32 Å². The molecule has 6 heteroatoms. The number of carbonyl (C=O) groups is 1. The number of carbonyl (C=O) groups excluding carboxylic acids is 1. The zero-order chi connectivity index (χ0) is 22.3. The second-order valence-electron chi connectivity index (χ2n) is 7.69. The molecule has 32 heavy (non-hydrogen) atoms. The Hall–Kier alpha value is -3.93. The Kier molecular flexibility index (Phi) is 6.60. The third-order valence-corrected chi connectivity index (χ3v) is 4.98. The second kappa shape index (κ2) is 9.92. The number of hydrogen-bond donors (Lipinski definition) is 1. The lowest BCUT2D eigenvalue weighted by atomic mass is 10.1. The molecule has 0 saturated heterocycles. The Bertz CT molecular complexity index is 1180. The summed E-state index contributed by atoms with van der Waals surface area (Å²) in [4.78, 5) is 12.6. The van der Waals surface area contributed by atoms with Crippen LogP contribution in [-0.4, -0.2) is 16.1 Å². The maximum absolute atomic E-state index is 12.6. The van der Waals surface area contributed by atoms with E-state index in [9.17, 15) is 4.79 Å². The fraction of sp³-hybridized carbons (Fsp3) is 0.192. The van der Waals surface area contributed by atoms with Crippen molar-refractivity contribution in [3.05, 3.63) is 95.4 Å². The van der Waals surface area contributed by atoms with E-state index < -0.39 is 0 Å². The van der Waals surface area contributed by atoms with Gasteiger partial charge in [-0.3, -0.25) is 4.79 Å². The van der Waals surface area contributed by atoms with Crippen LogP contribution in [0.2, 0.25) is 0 Å². The van der Waals surface area contributed by atoms with E-state index in [-0.39, 0.29) is 12.3 Å². The number of anilines is 1. The number of hydrogen-bond acceptors (Lipinski definition) is 5. The van der Waals surface area contributed by atoms with E-state index in [1.54, 1.807) is 0 Å². The molecule has 0 unspecified atom stereocenters. The molecule has 4 rings (SSSR count). The summed E-state index contributed by atoms with van der Waals surface area (Å²) in [5.74, 6) is 1.38. The molecule has 1 heterocycles. The van der Waals surface area contributed by atoms with Crippen molar-refractivity contribution in [3.8, 4) is 17.2 Å². The van der Waals surface area contributed by atoms with Gasteiger partial charge in [-0.2, -0.15) is 0 Å². The summed E-state index contributed by atoms with van der Waals surface area (Å²) < 4.78 is 11.7. The molecule has 0 radical (unpaired) electrons. The van der Waals surface area contributed by atoms with E-state index in [0.717, 1.165) is 22.3 Å². The van der Waals surface area contributed by atoms with Gasteiger partial charge in [0.2, 0.25) is 17.7 Å². The highest BCUT2D eigenvalue weighted by atomic mass is 16.5. The van der Waals surface area contributed by atoms with Gasteiger partial charge in [-0.1, -0.05) is 54.1 Å². The smallest absolute Gasteiger partial charge is 0.247 e. The number of benzene rings is 3. The summed E-state index contributed by atoms with van der Waals surface area (Å²) >= 11 is 0. The molecule has 0 aliphatic carbocycles. The van der Waals surface area contributed by atoms with Crippen LogP contribution in [-0.2, 0) is 17.8 Å². The minimum Gasteiger partial charge on any atom is -0.487 e. The van der Waals surface area contributed by atoms with E-state index in [4.69, 9.17) is 9.15 Å². The van der Waals surface area contributed by atoms with Gasteiger partial charge in [-0.15, -0.1) is 10.2 Å². The van der Waals surface area contributed by atoms with E-state index in [1.807, 2.05) is 86.6 Å². The first-order valence-corrected chi connectivity index (χ1v) is 10.5. The number of ether oxygens (including phenoxy) is 1. The number of nitrogens with one attached hydrogen (secondary N) is 1. The summed E-state index contributed by atoms with van der Waals surface area (Å²) in [6.07, 6.45) is 0.582. The highest BCUT2D eigenvalue weighted by molar-refractivity contribution is 5.92. The summed E-state index contributed by atoms with van der Waals surface area (Å²) in [5, 5.41) is 11.1. The van der Waals surface area contributed by atoms with Gasteiger partial charge >= 0.3 is 0 Å². The molecule has 1 N–H and O–H groups in total. The first-order valence-electron chi connectivity index (χ1n) is 10.5. The largest absolute Gasteiger partial charge is 0.487 e. The molecule has 4 aromatic rings. The van der Waals surface area contributed by atoms with Crippen molar-refractivity contribution >= 4 is 11.6 Å². The quantitative estimate of drug-likeness (QED) is 0.402. The highest BCUT2D eigenvalue weighted by Crippen LogP contribution is 2.27. The fourth-order valence-corrected chi connectivity index (χ4v) is 3.19. The molecule has 0 aliphatic rings. The zero-order valence-electron chi connectivity index (χ0n) is 18.2. The van der Waals surface area contributed by atoms with Crippen LogP contribution in [0.1, 0.15) is 29.0 Å². The summed E-state index contributed by atoms with van der Waals surface area (Å²) in [6, 6.07) is 23.5. The van der Waals surface area contributed by atoms with Crippen LogP contribution in [0.5, 0.6) is 5.75 Å². The van der Waals surface area contributed by atoms with Crippen molar-refractivity contribution in [2.45, 2.75) is 33.3 Å². The molecule has 0 aliphatic heterocycles. The summed E-state index contributed by atoms with van der Waals surface area (Å²) in [6.45, 7) is 4.44. The fourth-order valence-electron chi connectivity index (χ4n) is 3.19. The summed E-state index contributed by atoms with van der Waals surface area (Å²) in [5.41, 5.74) is 4.78. The van der Waals surface area contributed by atoms with Gasteiger partial charge in [0.15, 0.2) is 0 Å². The first-order chi connectivity index (χ1) is 15.6. The summed E-state index contributed by atoms with van der Waals surface area (Å²) in [7, 11) is 0. The molecule has 6 nitrogen and oxygen atoms in total. The van der Waals surface area contributed by atoms with Crippen LogP contribution in [0.15, 0.2) is 77.2 Å². The average Bonchev–Trinajstić information content (AvgIpc) is 3.28. The van der Waals surface area contributed by atoms with Gasteiger partial charge in [0.25, 0.3) is 0 Å². The van der Waals surface area contributed by atoms with E-state index in [1.165, 1.54) is 0 Å². The van der Waals surface area contributed by atoms with Crippen LogP contribution in [0.4, 0.5) is 5.69 Å². The predicted octanol–water partition coefficient (Wildman–Crippen LogP) is 5.50. The maximum atomic E-state index is 12.6. The monoisotopic (exact) mass is 427 g/mol. The molecule has 0 spiro atoms. The van der Waals surface area contributed by atoms with Crippen LogP contribution in [0.25, 0.3) is 11.5 Å². The van der Waals surface area contributed by atoms with E-state index in [2.05, 4.69) is 15.5 Å². The van der Waals surface area contributed by atoms with Gasteiger partial charge in [-0.05, 0) is 49.2 Å². The van der Waals surface area contributed by atoms with Gasteiger partial charge < -0.3 is 14.5 Å². The Morgan fingerprint density at radius 3 is 2.47 bits per heavy atom. The Morgan fingerprint density at radius 2 is 1.69 bits per heavy atom. The van der Waals surface area contributed by atoms with Crippen LogP contribution in [0.3, 0.4) is 0 Å². The first kappa shape index (κ1) is 21.3. The van der Waals surface area contributed by atoms with Crippen molar-refractivity contribution in [2.24, 2.45) is 0 Å². The Labute approximate surface area is 187 Å². The van der Waals surface area contributed by atoms with Crippen LogP contribution < -0.4 is 10.1 Å². The number of aromatic nitrogens is 2. The highest BCUT2D eigenvalue weighted by Gasteiger charge is 2.13. The minimum absolute atomic E-state index is 0.145. The van der Waals surface area contributed by atoms with Crippen LogP contribution in [0, 0.1) is 13.8 Å². The van der Waals surface area contributed by atoms with Gasteiger partial charge in [0, 0.05) is 18.4 Å². The lowest BCUT2D eigenvalue weighted by Crippen LogP contribution is -2.13. The molecule has 1 aromatic heterocycles. The second-order valence-corrected chi connectivity index (χ2v) is 7.69. The Morgan fingerprint density at radius 1 is 0.938 bits per heavy atom. The molecule has 162 valence electrons. The predicted molar refractivity (Wildman–Crippen MR) is 123 cm³/mol. The van der Waals surface area contributed by atoms with Gasteiger partial charge in [0.05, 0.1) is 5.69 Å². The number of nitrogens with zero attached hydrogens (tertiary/aromatic N) is 2. The Balaban J connectivity index is 1.35. The molecular weight excluding hydrogens is 402 g/mol. The van der Waals surface area contributed by atoms with Gasteiger partial charge in [-0.25, -0.2) is 0 Å². The maximum Gasteiger partial charge on any atom is 0.247 e. The standard InChI is InChI=1S/C26H25N3O3/c1-18-8-11-21(12-9-18)26-29-28-25(32-26)15-14-24(30)27-22-13-10-19(2)16-23(22)31-17-20-6-4-3-5-7-20/h3-13,16H,14-15,17H2,1-2H3,(H,27,30). The third-order valence-electron chi connectivity index (χ3n) is 4.98. The lowest BCUT2D eigenvalue weighted by Gasteiger charge is -2.13. The van der Waals surface area contributed by atoms with Crippen molar-refractivity contribution in [1.82, 2.24) is 10.2 Å². The zero-order valence-corrected chi connectivity index (χ0v) is 18.2. The third kappa shape index (κ3) is 5.60. The molecular formula is C26H25N3O3. The average molecular weight is 428 g/mol. The van der Waals surface area contributed by atoms with E-state index in [0.29, 0.717) is 36.2 Å². The molecule has 0 saturated carbocycles. The minimum atomic E-state index is -0.145. The van der Waals surface area contributed by atoms with Crippen molar-refractivity contribution in [3.63, 3.8) is 0 Å². The number of amides is 1. The van der Waals surface area contributed by atoms with Crippen molar-refractivity contribution < 1.29 is 13.9 Å². The molecule has 0 atom stereocenters. The molecule has 0 fully saturated rings. The van der Waals surface area contributed by atoms with E-state index >= 15 is 0 Å². The molecule has 0 bridgehead atoms. The molecule has 3 aromatic carbocycles. The number of aryl methyl sites for hydroxylation is 3. The van der Waals surface area contributed by atoms with Crippen molar-refractivity contribution in [1.29, 1.82) is 0 Å². The van der Waals surface area contributed by atoms with Crippen LogP contribution >= 0.6 is 0 Å². The topological polar surface area (TPSA) is 77.2 Å². The normalized spacial score (nSPS) is 10.7. The SMILES string of the molecule is Cc1ccc(-c2nnc(CCC(=O)Nc3ccc(C)cc3OCc3ccccc3)o2)cc1. The lowest BCUT2D eigenvalue weighted by molar-refractivity contribution is -0.116. The number of rotatable bonds is 8.